The molecule has 1 amide bonds. The molecule has 104 valence electrons. The van der Waals surface area contributed by atoms with Crippen molar-refractivity contribution in [3.05, 3.63) is 27.7 Å². The van der Waals surface area contributed by atoms with Gasteiger partial charge < -0.3 is 15.8 Å². The number of anilines is 1. The second kappa shape index (κ2) is 6.22. The summed E-state index contributed by atoms with van der Waals surface area (Å²) < 4.78 is 6.17. The van der Waals surface area contributed by atoms with Gasteiger partial charge in [-0.25, -0.2) is 0 Å². The largest absolute Gasteiger partial charge is 0.381 e. The van der Waals surface area contributed by atoms with Crippen LogP contribution in [0.2, 0.25) is 5.02 Å². The molecule has 0 aromatic heterocycles. The number of carbonyl (C=O) groups is 1. The molecule has 4 nitrogen and oxygen atoms in total. The van der Waals surface area contributed by atoms with Crippen LogP contribution in [0, 0.1) is 5.41 Å². The SMILES string of the molecule is NCC1(C(=O)Nc2ccc(Br)cc2Cl)CCOCC1. The van der Waals surface area contributed by atoms with E-state index in [2.05, 4.69) is 21.2 Å². The Labute approximate surface area is 125 Å². The molecule has 1 heterocycles. The standard InChI is InChI=1S/C13H16BrClN2O2/c14-9-1-2-11(10(15)7-9)17-12(18)13(8-16)3-5-19-6-4-13/h1-2,7H,3-6,8,16H2,(H,17,18). The Morgan fingerprint density at radius 1 is 1.47 bits per heavy atom. The zero-order valence-corrected chi connectivity index (χ0v) is 12.8. The van der Waals surface area contributed by atoms with Crippen LogP contribution in [0.5, 0.6) is 0 Å². The molecule has 0 spiro atoms. The van der Waals surface area contributed by atoms with E-state index in [-0.39, 0.29) is 5.91 Å². The van der Waals surface area contributed by atoms with Crippen LogP contribution in [-0.4, -0.2) is 25.7 Å². The van der Waals surface area contributed by atoms with Crippen LogP contribution in [0.1, 0.15) is 12.8 Å². The van der Waals surface area contributed by atoms with Gasteiger partial charge >= 0.3 is 0 Å². The van der Waals surface area contributed by atoms with Gasteiger partial charge in [0.15, 0.2) is 0 Å². The first kappa shape index (κ1) is 14.8. The molecule has 0 unspecified atom stereocenters. The second-order valence-corrected chi connectivity index (χ2v) is 6.00. The lowest BCUT2D eigenvalue weighted by atomic mass is 9.79. The number of nitrogens with two attached hydrogens (primary N) is 1. The van der Waals surface area contributed by atoms with E-state index in [4.69, 9.17) is 22.1 Å². The maximum atomic E-state index is 12.4. The number of benzene rings is 1. The van der Waals surface area contributed by atoms with Crippen molar-refractivity contribution in [1.82, 2.24) is 0 Å². The van der Waals surface area contributed by atoms with E-state index < -0.39 is 5.41 Å². The average molecular weight is 348 g/mol. The topological polar surface area (TPSA) is 64.4 Å². The van der Waals surface area contributed by atoms with Crippen LogP contribution in [-0.2, 0) is 9.53 Å². The number of amides is 1. The molecule has 1 aliphatic rings. The molecule has 0 aliphatic carbocycles. The Morgan fingerprint density at radius 2 is 2.16 bits per heavy atom. The Hall–Kier alpha value is -0.620. The van der Waals surface area contributed by atoms with Gasteiger partial charge in [-0.1, -0.05) is 27.5 Å². The third-order valence-corrected chi connectivity index (χ3v) is 4.31. The summed E-state index contributed by atoms with van der Waals surface area (Å²) in [4.78, 5) is 12.4. The van der Waals surface area contributed by atoms with E-state index >= 15 is 0 Å². The lowest BCUT2D eigenvalue weighted by Crippen LogP contribution is -2.46. The lowest BCUT2D eigenvalue weighted by molar-refractivity contribution is -0.130. The minimum absolute atomic E-state index is 0.0810. The van der Waals surface area contributed by atoms with Crippen molar-refractivity contribution in [2.75, 3.05) is 25.1 Å². The number of ether oxygens (including phenoxy) is 1. The van der Waals surface area contributed by atoms with Crippen LogP contribution in [0.15, 0.2) is 22.7 Å². The highest BCUT2D eigenvalue weighted by Crippen LogP contribution is 2.33. The van der Waals surface area contributed by atoms with Gasteiger partial charge in [-0.3, -0.25) is 4.79 Å². The number of nitrogens with one attached hydrogen (secondary N) is 1. The summed E-state index contributed by atoms with van der Waals surface area (Å²) >= 11 is 9.43. The van der Waals surface area contributed by atoms with Crippen LogP contribution in [0.3, 0.4) is 0 Å². The molecule has 1 fully saturated rings. The van der Waals surface area contributed by atoms with Gasteiger partial charge in [0.2, 0.25) is 5.91 Å². The third kappa shape index (κ3) is 3.28. The van der Waals surface area contributed by atoms with Crippen molar-refractivity contribution >= 4 is 39.1 Å². The Kier molecular flexibility index (Phi) is 4.84. The van der Waals surface area contributed by atoms with Crippen LogP contribution < -0.4 is 11.1 Å². The summed E-state index contributed by atoms with van der Waals surface area (Å²) in [5.41, 5.74) is 5.86. The molecule has 0 radical (unpaired) electrons. The molecule has 0 bridgehead atoms. The molecule has 1 saturated heterocycles. The van der Waals surface area contributed by atoms with Gasteiger partial charge in [0.1, 0.15) is 0 Å². The van der Waals surface area contributed by atoms with Crippen molar-refractivity contribution in [3.8, 4) is 0 Å². The van der Waals surface area contributed by atoms with Gasteiger partial charge in [-0.15, -0.1) is 0 Å². The third-order valence-electron chi connectivity index (χ3n) is 3.50. The van der Waals surface area contributed by atoms with Gasteiger partial charge in [-0.2, -0.15) is 0 Å². The molecule has 1 aromatic rings. The predicted molar refractivity (Wildman–Crippen MR) is 79.3 cm³/mol. The highest BCUT2D eigenvalue weighted by molar-refractivity contribution is 9.10. The van der Waals surface area contributed by atoms with Crippen molar-refractivity contribution in [2.24, 2.45) is 11.1 Å². The summed E-state index contributed by atoms with van der Waals surface area (Å²) in [5.74, 6) is -0.0810. The van der Waals surface area contributed by atoms with Crippen LogP contribution >= 0.6 is 27.5 Å². The lowest BCUT2D eigenvalue weighted by Gasteiger charge is -2.34. The average Bonchev–Trinajstić information content (AvgIpc) is 2.42. The molecule has 2 rings (SSSR count). The molecule has 0 atom stereocenters. The van der Waals surface area contributed by atoms with E-state index in [1.165, 1.54) is 0 Å². The fourth-order valence-electron chi connectivity index (χ4n) is 2.13. The first-order valence-electron chi connectivity index (χ1n) is 6.12. The molecule has 6 heteroatoms. The minimum atomic E-state index is -0.547. The monoisotopic (exact) mass is 346 g/mol. The van der Waals surface area contributed by atoms with E-state index in [0.29, 0.717) is 43.3 Å². The van der Waals surface area contributed by atoms with Gasteiger partial charge in [0.25, 0.3) is 0 Å². The first-order chi connectivity index (χ1) is 9.07. The van der Waals surface area contributed by atoms with Crippen LogP contribution in [0.25, 0.3) is 0 Å². The Morgan fingerprint density at radius 3 is 2.74 bits per heavy atom. The Balaban J connectivity index is 2.15. The highest BCUT2D eigenvalue weighted by Gasteiger charge is 2.38. The Bertz CT molecular complexity index is 476. The summed E-state index contributed by atoms with van der Waals surface area (Å²) in [5, 5.41) is 3.37. The van der Waals surface area contributed by atoms with E-state index in [0.717, 1.165) is 4.47 Å². The van der Waals surface area contributed by atoms with Gasteiger partial charge in [0, 0.05) is 24.2 Å². The number of hydrogen-bond donors (Lipinski definition) is 2. The van der Waals surface area contributed by atoms with E-state index in [9.17, 15) is 4.79 Å². The van der Waals surface area contributed by atoms with E-state index in [1.807, 2.05) is 6.07 Å². The number of rotatable bonds is 3. The predicted octanol–water partition coefficient (Wildman–Crippen LogP) is 2.80. The summed E-state index contributed by atoms with van der Waals surface area (Å²) in [6, 6.07) is 5.35. The molecular formula is C13H16BrClN2O2. The quantitative estimate of drug-likeness (QED) is 0.883. The van der Waals surface area contributed by atoms with Crippen molar-refractivity contribution < 1.29 is 9.53 Å². The van der Waals surface area contributed by atoms with Crippen molar-refractivity contribution in [1.29, 1.82) is 0 Å². The zero-order chi connectivity index (χ0) is 13.9. The molecule has 1 aliphatic heterocycles. The zero-order valence-electron chi connectivity index (χ0n) is 10.4. The fourth-order valence-corrected chi connectivity index (χ4v) is 2.85. The molecule has 3 N–H and O–H groups in total. The number of hydrogen-bond acceptors (Lipinski definition) is 3. The van der Waals surface area contributed by atoms with Crippen molar-refractivity contribution in [3.63, 3.8) is 0 Å². The normalized spacial score (nSPS) is 18.1. The summed E-state index contributed by atoms with van der Waals surface area (Å²) in [6.07, 6.45) is 1.28. The summed E-state index contributed by atoms with van der Waals surface area (Å²) in [7, 11) is 0. The summed E-state index contributed by atoms with van der Waals surface area (Å²) in [6.45, 7) is 1.45. The van der Waals surface area contributed by atoms with Crippen molar-refractivity contribution in [2.45, 2.75) is 12.8 Å². The maximum absolute atomic E-state index is 12.4. The number of halogens is 2. The number of carbonyl (C=O) groups excluding carboxylic acids is 1. The maximum Gasteiger partial charge on any atom is 0.232 e. The first-order valence-corrected chi connectivity index (χ1v) is 7.29. The van der Waals surface area contributed by atoms with Gasteiger partial charge in [0.05, 0.1) is 16.1 Å². The molecule has 0 saturated carbocycles. The second-order valence-electron chi connectivity index (χ2n) is 4.68. The molecular weight excluding hydrogens is 332 g/mol. The van der Waals surface area contributed by atoms with Crippen LogP contribution in [0.4, 0.5) is 5.69 Å². The molecule has 19 heavy (non-hydrogen) atoms. The minimum Gasteiger partial charge on any atom is -0.381 e. The molecule has 1 aromatic carbocycles. The smallest absolute Gasteiger partial charge is 0.232 e. The van der Waals surface area contributed by atoms with E-state index in [1.54, 1.807) is 12.1 Å². The highest BCUT2D eigenvalue weighted by atomic mass is 79.9. The van der Waals surface area contributed by atoms with Gasteiger partial charge in [-0.05, 0) is 31.0 Å². The fraction of sp³-hybridized carbons (Fsp3) is 0.462.